The highest BCUT2D eigenvalue weighted by atomic mass is 16.5. The summed E-state index contributed by atoms with van der Waals surface area (Å²) in [5.74, 6) is 1.64. The Kier molecular flexibility index (Phi) is 2.86. The Bertz CT molecular complexity index is 427. The van der Waals surface area contributed by atoms with Gasteiger partial charge in [-0.1, -0.05) is 13.8 Å². The number of benzene rings is 1. The third-order valence-electron chi connectivity index (χ3n) is 3.47. The van der Waals surface area contributed by atoms with Gasteiger partial charge in [-0.15, -0.1) is 0 Å². The molecule has 0 bridgehead atoms. The molecule has 3 nitrogen and oxygen atoms in total. The van der Waals surface area contributed by atoms with Crippen molar-refractivity contribution in [2.45, 2.75) is 20.3 Å². The molecular weight excluding hydrogens is 216 g/mol. The number of hydrogen-bond donors (Lipinski definition) is 0. The first kappa shape index (κ1) is 12.0. The number of ether oxygens (including phenoxy) is 2. The summed E-state index contributed by atoms with van der Waals surface area (Å²) in [5, 5.41) is 0. The van der Waals surface area contributed by atoms with E-state index in [1.807, 2.05) is 0 Å². The maximum Gasteiger partial charge on any atom is 0.166 e. The molecule has 92 valence electrons. The van der Waals surface area contributed by atoms with E-state index in [4.69, 9.17) is 9.47 Å². The highest BCUT2D eigenvalue weighted by Gasteiger charge is 2.50. The summed E-state index contributed by atoms with van der Waals surface area (Å²) >= 11 is 0. The number of carbonyl (C=O) groups is 1. The quantitative estimate of drug-likeness (QED) is 0.751. The van der Waals surface area contributed by atoms with Crippen LogP contribution >= 0.6 is 0 Å². The van der Waals surface area contributed by atoms with E-state index in [1.165, 1.54) is 0 Å². The number of ketones is 1. The average molecular weight is 234 g/mol. The lowest BCUT2D eigenvalue weighted by Crippen LogP contribution is -2.07. The molecule has 1 aromatic carbocycles. The number of rotatable bonds is 4. The van der Waals surface area contributed by atoms with Crippen molar-refractivity contribution < 1.29 is 14.3 Å². The molecule has 3 heteroatoms. The fraction of sp³-hybridized carbons (Fsp3) is 0.500. The molecular formula is C14H18O3. The first-order chi connectivity index (χ1) is 7.97. The highest BCUT2D eigenvalue weighted by molar-refractivity contribution is 6.00. The van der Waals surface area contributed by atoms with Crippen LogP contribution in [-0.2, 0) is 0 Å². The molecule has 0 saturated heterocycles. The van der Waals surface area contributed by atoms with Gasteiger partial charge in [-0.25, -0.2) is 0 Å². The van der Waals surface area contributed by atoms with Gasteiger partial charge in [-0.3, -0.25) is 4.79 Å². The molecule has 1 unspecified atom stereocenters. The third kappa shape index (κ3) is 2.28. The van der Waals surface area contributed by atoms with E-state index in [2.05, 4.69) is 13.8 Å². The zero-order valence-electron chi connectivity index (χ0n) is 10.7. The van der Waals surface area contributed by atoms with Gasteiger partial charge in [0.25, 0.3) is 0 Å². The monoisotopic (exact) mass is 234 g/mol. The Labute approximate surface area is 102 Å². The Hall–Kier alpha value is -1.51. The lowest BCUT2D eigenvalue weighted by Gasteiger charge is -2.08. The summed E-state index contributed by atoms with van der Waals surface area (Å²) in [6.45, 7) is 4.24. The molecule has 1 aliphatic carbocycles. The number of carbonyl (C=O) groups excluding carboxylic acids is 1. The molecule has 0 aliphatic heterocycles. The lowest BCUT2D eigenvalue weighted by atomic mass is 10.0. The summed E-state index contributed by atoms with van der Waals surface area (Å²) < 4.78 is 10.3. The van der Waals surface area contributed by atoms with Crippen LogP contribution in [-0.4, -0.2) is 20.0 Å². The van der Waals surface area contributed by atoms with Crippen molar-refractivity contribution in [1.29, 1.82) is 0 Å². The van der Waals surface area contributed by atoms with E-state index in [9.17, 15) is 4.79 Å². The molecule has 17 heavy (non-hydrogen) atoms. The van der Waals surface area contributed by atoms with Gasteiger partial charge in [0, 0.05) is 17.5 Å². The van der Waals surface area contributed by atoms with Gasteiger partial charge in [-0.2, -0.15) is 0 Å². The standard InChI is InChI=1S/C14H18O3/c1-14(2)8-12(14)13(15)9-5-10(16-3)7-11(6-9)17-4/h5-7,12H,8H2,1-4H3. The molecule has 1 fully saturated rings. The summed E-state index contributed by atoms with van der Waals surface area (Å²) in [5.41, 5.74) is 0.824. The van der Waals surface area contributed by atoms with E-state index in [0.29, 0.717) is 17.1 Å². The maximum absolute atomic E-state index is 12.2. The van der Waals surface area contributed by atoms with Crippen LogP contribution < -0.4 is 9.47 Å². The van der Waals surface area contributed by atoms with Crippen molar-refractivity contribution in [3.8, 4) is 11.5 Å². The average Bonchev–Trinajstić information content (AvgIpc) is 2.96. The molecule has 0 aromatic heterocycles. The molecule has 1 atom stereocenters. The predicted molar refractivity (Wildman–Crippen MR) is 65.8 cm³/mol. The molecule has 0 heterocycles. The first-order valence-corrected chi connectivity index (χ1v) is 5.75. The van der Waals surface area contributed by atoms with Gasteiger partial charge in [0.15, 0.2) is 5.78 Å². The van der Waals surface area contributed by atoms with E-state index in [-0.39, 0.29) is 17.1 Å². The van der Waals surface area contributed by atoms with Gasteiger partial charge in [0.2, 0.25) is 0 Å². The van der Waals surface area contributed by atoms with Crippen molar-refractivity contribution >= 4 is 5.78 Å². The van der Waals surface area contributed by atoms with Gasteiger partial charge < -0.3 is 9.47 Å². The number of methoxy groups -OCH3 is 2. The lowest BCUT2D eigenvalue weighted by molar-refractivity contribution is 0.0952. The molecule has 1 aromatic rings. The molecule has 0 amide bonds. The second-order valence-corrected chi connectivity index (χ2v) is 5.21. The minimum absolute atomic E-state index is 0.138. The normalized spacial score (nSPS) is 20.8. The Morgan fingerprint density at radius 2 is 1.65 bits per heavy atom. The summed E-state index contributed by atoms with van der Waals surface area (Å²) in [6, 6.07) is 5.33. The van der Waals surface area contributed by atoms with Gasteiger partial charge >= 0.3 is 0 Å². The van der Waals surface area contributed by atoms with Crippen molar-refractivity contribution in [1.82, 2.24) is 0 Å². The van der Waals surface area contributed by atoms with Crippen molar-refractivity contribution in [2.75, 3.05) is 14.2 Å². The fourth-order valence-electron chi connectivity index (χ4n) is 2.07. The van der Waals surface area contributed by atoms with Crippen LogP contribution in [0.1, 0.15) is 30.6 Å². The molecule has 0 N–H and O–H groups in total. The van der Waals surface area contributed by atoms with E-state index in [0.717, 1.165) is 6.42 Å². The molecule has 0 spiro atoms. The molecule has 2 rings (SSSR count). The molecule has 1 aliphatic rings. The number of Topliss-reactive ketones (excluding diaryl/α,β-unsaturated/α-hetero) is 1. The summed E-state index contributed by atoms with van der Waals surface area (Å²) in [7, 11) is 3.17. The second-order valence-electron chi connectivity index (χ2n) is 5.21. The van der Waals surface area contributed by atoms with Crippen LogP contribution in [0, 0.1) is 11.3 Å². The Morgan fingerprint density at radius 1 is 1.18 bits per heavy atom. The van der Waals surface area contributed by atoms with E-state index < -0.39 is 0 Å². The van der Waals surface area contributed by atoms with Crippen molar-refractivity contribution in [2.24, 2.45) is 11.3 Å². The maximum atomic E-state index is 12.2. The second kappa shape index (κ2) is 4.06. The topological polar surface area (TPSA) is 35.5 Å². The van der Waals surface area contributed by atoms with Crippen molar-refractivity contribution in [3.63, 3.8) is 0 Å². The Balaban J connectivity index is 2.29. The minimum atomic E-state index is 0.138. The van der Waals surface area contributed by atoms with Crippen molar-refractivity contribution in [3.05, 3.63) is 23.8 Å². The molecule has 1 saturated carbocycles. The zero-order chi connectivity index (χ0) is 12.6. The van der Waals surface area contributed by atoms with Crippen LogP contribution in [0.15, 0.2) is 18.2 Å². The smallest absolute Gasteiger partial charge is 0.166 e. The fourth-order valence-corrected chi connectivity index (χ4v) is 2.07. The zero-order valence-corrected chi connectivity index (χ0v) is 10.7. The SMILES string of the molecule is COc1cc(OC)cc(C(=O)C2CC2(C)C)c1. The minimum Gasteiger partial charge on any atom is -0.497 e. The van der Waals surface area contributed by atoms with Gasteiger partial charge in [0.1, 0.15) is 11.5 Å². The van der Waals surface area contributed by atoms with Crippen LogP contribution in [0.25, 0.3) is 0 Å². The third-order valence-corrected chi connectivity index (χ3v) is 3.47. The van der Waals surface area contributed by atoms with E-state index >= 15 is 0 Å². The largest absolute Gasteiger partial charge is 0.497 e. The molecule has 0 radical (unpaired) electrons. The number of hydrogen-bond acceptors (Lipinski definition) is 3. The van der Waals surface area contributed by atoms with E-state index in [1.54, 1.807) is 32.4 Å². The highest BCUT2D eigenvalue weighted by Crippen LogP contribution is 2.53. The van der Waals surface area contributed by atoms with Crippen LogP contribution in [0.5, 0.6) is 11.5 Å². The predicted octanol–water partition coefficient (Wildman–Crippen LogP) is 2.93. The van der Waals surface area contributed by atoms with Crippen LogP contribution in [0.3, 0.4) is 0 Å². The summed E-state index contributed by atoms with van der Waals surface area (Å²) in [4.78, 5) is 12.2. The van der Waals surface area contributed by atoms with Crippen LogP contribution in [0.2, 0.25) is 0 Å². The first-order valence-electron chi connectivity index (χ1n) is 5.75. The summed E-state index contributed by atoms with van der Waals surface area (Å²) in [6.07, 6.45) is 0.964. The van der Waals surface area contributed by atoms with Crippen LogP contribution in [0.4, 0.5) is 0 Å². The van der Waals surface area contributed by atoms with Gasteiger partial charge in [-0.05, 0) is 24.0 Å². The Morgan fingerprint density at radius 3 is 2.00 bits per heavy atom. The van der Waals surface area contributed by atoms with Gasteiger partial charge in [0.05, 0.1) is 14.2 Å².